The van der Waals surface area contributed by atoms with Crippen LogP contribution in [0.3, 0.4) is 0 Å². The summed E-state index contributed by atoms with van der Waals surface area (Å²) in [5, 5.41) is 2.60. The number of hydrogen-bond acceptors (Lipinski definition) is 8. The molecule has 9 nitrogen and oxygen atoms in total. The highest BCUT2D eigenvalue weighted by Gasteiger charge is 2.22. The Hall–Kier alpha value is -3.75. The molecule has 9 heteroatoms. The molecule has 0 radical (unpaired) electrons. The first-order valence-corrected chi connectivity index (χ1v) is 10.2. The second kappa shape index (κ2) is 11.0. The van der Waals surface area contributed by atoms with E-state index >= 15 is 0 Å². The molecule has 0 aromatic heterocycles. The number of hydrogen-bond donors (Lipinski definition) is 1. The van der Waals surface area contributed by atoms with E-state index in [0.29, 0.717) is 48.3 Å². The summed E-state index contributed by atoms with van der Waals surface area (Å²) in [7, 11) is 1.45. The third kappa shape index (κ3) is 5.90. The predicted molar refractivity (Wildman–Crippen MR) is 115 cm³/mol. The minimum atomic E-state index is -0.708. The van der Waals surface area contributed by atoms with E-state index in [0.717, 1.165) is 12.8 Å². The largest absolute Gasteiger partial charge is 0.493 e. The van der Waals surface area contributed by atoms with Gasteiger partial charge in [-0.05, 0) is 42.8 Å². The van der Waals surface area contributed by atoms with Crippen LogP contribution in [0.2, 0.25) is 0 Å². The Kier molecular flexibility index (Phi) is 7.91. The van der Waals surface area contributed by atoms with E-state index in [-0.39, 0.29) is 5.56 Å². The average molecular weight is 443 g/mol. The number of fused-ring (bicyclic) bond motifs is 1. The van der Waals surface area contributed by atoms with Gasteiger partial charge in [-0.15, -0.1) is 0 Å². The molecule has 1 aliphatic rings. The number of unbranched alkanes of at least 4 members (excludes halogenated alkanes) is 1. The molecule has 2 aromatic rings. The van der Waals surface area contributed by atoms with Crippen LogP contribution in [-0.4, -0.2) is 51.4 Å². The Morgan fingerprint density at radius 1 is 0.969 bits per heavy atom. The zero-order valence-corrected chi connectivity index (χ0v) is 18.0. The van der Waals surface area contributed by atoms with Gasteiger partial charge in [-0.1, -0.05) is 13.3 Å². The summed E-state index contributed by atoms with van der Waals surface area (Å²) in [5.74, 6) is -0.514. The second-order valence-corrected chi connectivity index (χ2v) is 6.89. The first-order chi connectivity index (χ1) is 15.5. The van der Waals surface area contributed by atoms with E-state index in [2.05, 4.69) is 5.32 Å². The fourth-order valence-corrected chi connectivity index (χ4v) is 2.88. The smallest absolute Gasteiger partial charge is 0.338 e. The molecule has 0 aliphatic carbocycles. The van der Waals surface area contributed by atoms with E-state index in [1.165, 1.54) is 19.2 Å². The minimum absolute atomic E-state index is 0.171. The monoisotopic (exact) mass is 443 g/mol. The van der Waals surface area contributed by atoms with Crippen molar-refractivity contribution in [2.24, 2.45) is 0 Å². The molecule has 1 N–H and O–H groups in total. The molecule has 0 saturated carbocycles. The maximum atomic E-state index is 12.4. The number of methoxy groups -OCH3 is 1. The van der Waals surface area contributed by atoms with Crippen LogP contribution in [-0.2, 0) is 14.3 Å². The maximum absolute atomic E-state index is 12.4. The topological polar surface area (TPSA) is 109 Å². The number of carbonyl (C=O) groups excluding carboxylic acids is 3. The predicted octanol–water partition coefficient (Wildman–Crippen LogP) is 3.22. The quantitative estimate of drug-likeness (QED) is 0.465. The summed E-state index contributed by atoms with van der Waals surface area (Å²) in [5.41, 5.74) is 1.01. The van der Waals surface area contributed by atoms with E-state index in [9.17, 15) is 14.4 Å². The van der Waals surface area contributed by atoms with Crippen molar-refractivity contribution in [3.8, 4) is 17.2 Å². The molecule has 1 amide bonds. The number of amides is 1. The van der Waals surface area contributed by atoms with Crippen molar-refractivity contribution in [2.45, 2.75) is 19.8 Å². The molecule has 0 atom stereocenters. The Morgan fingerprint density at radius 3 is 2.41 bits per heavy atom. The molecule has 0 fully saturated rings. The summed E-state index contributed by atoms with van der Waals surface area (Å²) in [6.45, 7) is 2.63. The highest BCUT2D eigenvalue weighted by molar-refractivity contribution is 5.96. The normalized spacial score (nSPS) is 11.9. The first-order valence-electron chi connectivity index (χ1n) is 10.2. The molecule has 3 rings (SSSR count). The van der Waals surface area contributed by atoms with E-state index < -0.39 is 24.5 Å². The van der Waals surface area contributed by atoms with Crippen molar-refractivity contribution in [3.05, 3.63) is 47.5 Å². The summed E-state index contributed by atoms with van der Waals surface area (Å²) in [6.07, 6.45) is 1.74. The van der Waals surface area contributed by atoms with Crippen LogP contribution >= 0.6 is 0 Å². The van der Waals surface area contributed by atoms with Crippen LogP contribution in [0.5, 0.6) is 17.2 Å². The average Bonchev–Trinajstić information content (AvgIpc) is 2.82. The third-order valence-corrected chi connectivity index (χ3v) is 4.53. The number of rotatable bonds is 9. The van der Waals surface area contributed by atoms with Crippen LogP contribution < -0.4 is 19.5 Å². The van der Waals surface area contributed by atoms with Crippen LogP contribution in [0.1, 0.15) is 40.5 Å². The zero-order chi connectivity index (χ0) is 22.9. The van der Waals surface area contributed by atoms with Gasteiger partial charge in [-0.3, -0.25) is 4.79 Å². The lowest BCUT2D eigenvalue weighted by Gasteiger charge is -2.21. The number of ether oxygens (including phenoxy) is 5. The Labute approximate surface area is 185 Å². The fraction of sp³-hybridized carbons (Fsp3) is 0.348. The van der Waals surface area contributed by atoms with Gasteiger partial charge < -0.3 is 29.0 Å². The number of nitrogens with one attached hydrogen (secondary N) is 1. The van der Waals surface area contributed by atoms with Crippen LogP contribution in [0, 0.1) is 0 Å². The molecular weight excluding hydrogens is 418 g/mol. The number of anilines is 1. The number of carbonyl (C=O) groups is 3. The lowest BCUT2D eigenvalue weighted by atomic mass is 10.1. The van der Waals surface area contributed by atoms with Crippen molar-refractivity contribution in [1.29, 1.82) is 0 Å². The van der Waals surface area contributed by atoms with Crippen molar-refractivity contribution < 1.29 is 38.1 Å². The third-order valence-electron chi connectivity index (χ3n) is 4.53. The Bertz CT molecular complexity index is 953. The molecule has 1 aliphatic heterocycles. The second-order valence-electron chi connectivity index (χ2n) is 6.89. The first kappa shape index (κ1) is 22.9. The molecule has 2 aromatic carbocycles. The van der Waals surface area contributed by atoms with Gasteiger partial charge in [-0.2, -0.15) is 0 Å². The highest BCUT2D eigenvalue weighted by Crippen LogP contribution is 2.40. The summed E-state index contributed by atoms with van der Waals surface area (Å²) in [4.78, 5) is 36.4. The lowest BCUT2D eigenvalue weighted by molar-refractivity contribution is -0.119. The SMILES string of the molecule is CCCCOC(=O)c1ccc(NC(=O)COC(=O)c2cc(OC)c3c(c2)OCCO3)cc1. The van der Waals surface area contributed by atoms with Crippen LogP contribution in [0.25, 0.3) is 0 Å². The van der Waals surface area contributed by atoms with E-state index in [1.54, 1.807) is 24.3 Å². The van der Waals surface area contributed by atoms with E-state index in [4.69, 9.17) is 23.7 Å². The Balaban J connectivity index is 1.52. The van der Waals surface area contributed by atoms with Crippen LogP contribution in [0.4, 0.5) is 5.69 Å². The lowest BCUT2D eigenvalue weighted by Crippen LogP contribution is -2.21. The molecule has 0 spiro atoms. The summed E-state index contributed by atoms with van der Waals surface area (Å²) in [6, 6.07) is 9.19. The molecule has 1 heterocycles. The van der Waals surface area contributed by atoms with Crippen molar-refractivity contribution in [3.63, 3.8) is 0 Å². The van der Waals surface area contributed by atoms with Crippen molar-refractivity contribution in [1.82, 2.24) is 0 Å². The number of esters is 2. The molecule has 170 valence electrons. The molecule has 0 bridgehead atoms. The molecule has 32 heavy (non-hydrogen) atoms. The van der Waals surface area contributed by atoms with E-state index in [1.807, 2.05) is 6.92 Å². The Morgan fingerprint density at radius 2 is 1.69 bits per heavy atom. The molecule has 0 saturated heterocycles. The van der Waals surface area contributed by atoms with Gasteiger partial charge in [0.05, 0.1) is 24.8 Å². The van der Waals surface area contributed by atoms with Crippen LogP contribution in [0.15, 0.2) is 36.4 Å². The molecule has 0 unspecified atom stereocenters. The zero-order valence-electron chi connectivity index (χ0n) is 18.0. The number of benzene rings is 2. The summed E-state index contributed by atoms with van der Waals surface area (Å²) >= 11 is 0. The fourth-order valence-electron chi connectivity index (χ4n) is 2.88. The van der Waals surface area contributed by atoms with Gasteiger partial charge in [0, 0.05) is 5.69 Å². The van der Waals surface area contributed by atoms with Gasteiger partial charge in [0.2, 0.25) is 5.75 Å². The van der Waals surface area contributed by atoms with Gasteiger partial charge in [-0.25, -0.2) is 9.59 Å². The van der Waals surface area contributed by atoms with Gasteiger partial charge in [0.1, 0.15) is 13.2 Å². The minimum Gasteiger partial charge on any atom is -0.493 e. The highest BCUT2D eigenvalue weighted by atomic mass is 16.6. The van der Waals surface area contributed by atoms with Crippen molar-refractivity contribution in [2.75, 3.05) is 38.9 Å². The van der Waals surface area contributed by atoms with Crippen molar-refractivity contribution >= 4 is 23.5 Å². The molecular formula is C23H25NO8. The van der Waals surface area contributed by atoms with Gasteiger partial charge >= 0.3 is 11.9 Å². The maximum Gasteiger partial charge on any atom is 0.338 e. The van der Waals surface area contributed by atoms with Gasteiger partial charge in [0.15, 0.2) is 18.1 Å². The van der Waals surface area contributed by atoms with Gasteiger partial charge in [0.25, 0.3) is 5.91 Å². The standard InChI is InChI=1S/C23H25NO8/c1-3-4-9-31-22(26)15-5-7-17(8-6-15)24-20(25)14-32-23(27)16-12-18(28-2)21-19(13-16)29-10-11-30-21/h5-8,12-13H,3-4,9-11,14H2,1-2H3,(H,24,25). The summed E-state index contributed by atoms with van der Waals surface area (Å²) < 4.78 is 26.5.